The average molecular weight is 295 g/mol. The SMILES string of the molecule is CCOC(=O)[C@H]1[C@H]2C=C[C@]3(CN(CCCOC)C(=O)[C@@H]13)O2. The lowest BCUT2D eigenvalue weighted by atomic mass is 9.77. The van der Waals surface area contributed by atoms with Gasteiger partial charge in [-0.25, -0.2) is 0 Å². The first-order valence-corrected chi connectivity index (χ1v) is 7.44. The molecule has 21 heavy (non-hydrogen) atoms. The van der Waals surface area contributed by atoms with E-state index in [0.717, 1.165) is 6.42 Å². The Morgan fingerprint density at radius 2 is 2.38 bits per heavy atom. The van der Waals surface area contributed by atoms with Crippen LogP contribution >= 0.6 is 0 Å². The Balaban J connectivity index is 1.77. The van der Waals surface area contributed by atoms with Gasteiger partial charge in [-0.3, -0.25) is 9.59 Å². The van der Waals surface area contributed by atoms with Gasteiger partial charge in [0.15, 0.2) is 0 Å². The maximum atomic E-state index is 12.6. The zero-order valence-corrected chi connectivity index (χ0v) is 12.4. The minimum Gasteiger partial charge on any atom is -0.466 e. The van der Waals surface area contributed by atoms with Crippen molar-refractivity contribution in [1.82, 2.24) is 4.90 Å². The predicted molar refractivity (Wildman–Crippen MR) is 73.4 cm³/mol. The summed E-state index contributed by atoms with van der Waals surface area (Å²) in [6.45, 7) is 3.84. The van der Waals surface area contributed by atoms with Crippen molar-refractivity contribution in [1.29, 1.82) is 0 Å². The van der Waals surface area contributed by atoms with Crippen LogP contribution in [0.5, 0.6) is 0 Å². The molecule has 6 heteroatoms. The zero-order valence-electron chi connectivity index (χ0n) is 12.4. The van der Waals surface area contributed by atoms with Gasteiger partial charge in [0.05, 0.1) is 25.2 Å². The molecule has 1 spiro atoms. The van der Waals surface area contributed by atoms with Gasteiger partial charge in [0.2, 0.25) is 5.91 Å². The molecule has 0 aromatic carbocycles. The fourth-order valence-electron chi connectivity index (χ4n) is 3.67. The standard InChI is InChI=1S/C15H21NO5/c1-3-20-14(18)11-10-5-6-15(21-10)9-16(7-4-8-19-2)13(17)12(11)15/h5-6,10-12H,3-4,7-9H2,1-2H3/t10-,11+,12-,15-/m1/s1. The number of nitrogens with zero attached hydrogens (tertiary/aromatic N) is 1. The number of hydrogen-bond donors (Lipinski definition) is 0. The summed E-state index contributed by atoms with van der Waals surface area (Å²) in [6, 6.07) is 0. The average Bonchev–Trinajstić information content (AvgIpc) is 3.08. The molecule has 0 aliphatic carbocycles. The molecular weight excluding hydrogens is 274 g/mol. The van der Waals surface area contributed by atoms with E-state index in [4.69, 9.17) is 14.2 Å². The maximum Gasteiger partial charge on any atom is 0.312 e. The number of esters is 1. The zero-order chi connectivity index (χ0) is 15.0. The Bertz CT molecular complexity index is 477. The highest BCUT2D eigenvalue weighted by Gasteiger charge is 2.67. The van der Waals surface area contributed by atoms with E-state index in [1.54, 1.807) is 18.9 Å². The summed E-state index contributed by atoms with van der Waals surface area (Å²) < 4.78 is 16.1. The van der Waals surface area contributed by atoms with Crippen molar-refractivity contribution < 1.29 is 23.8 Å². The summed E-state index contributed by atoms with van der Waals surface area (Å²) in [7, 11) is 1.64. The lowest BCUT2D eigenvalue weighted by Crippen LogP contribution is -2.40. The molecule has 3 aliphatic rings. The molecule has 1 amide bonds. The number of likely N-dealkylation sites (tertiary alicyclic amines) is 1. The molecule has 2 saturated heterocycles. The Kier molecular flexibility index (Phi) is 3.75. The first-order chi connectivity index (χ1) is 10.1. The molecule has 3 aliphatic heterocycles. The van der Waals surface area contributed by atoms with Crippen molar-refractivity contribution in [3.8, 4) is 0 Å². The third kappa shape index (κ3) is 2.17. The number of amides is 1. The third-order valence-electron chi connectivity index (χ3n) is 4.51. The molecule has 0 aromatic heterocycles. The summed E-state index contributed by atoms with van der Waals surface area (Å²) in [5.41, 5.74) is -0.633. The van der Waals surface area contributed by atoms with Gasteiger partial charge in [0.25, 0.3) is 0 Å². The third-order valence-corrected chi connectivity index (χ3v) is 4.51. The monoisotopic (exact) mass is 295 g/mol. The van der Waals surface area contributed by atoms with Crippen LogP contribution in [-0.4, -0.2) is 61.9 Å². The molecule has 6 nitrogen and oxygen atoms in total. The molecular formula is C15H21NO5. The summed E-state index contributed by atoms with van der Waals surface area (Å²) in [6.07, 6.45) is 4.30. The molecule has 3 heterocycles. The highest BCUT2D eigenvalue weighted by Crippen LogP contribution is 2.52. The molecule has 116 valence electrons. The normalized spacial score (nSPS) is 36.4. The number of rotatable bonds is 6. The number of carbonyl (C=O) groups excluding carboxylic acids is 2. The van der Waals surface area contributed by atoms with Gasteiger partial charge >= 0.3 is 5.97 Å². The van der Waals surface area contributed by atoms with E-state index in [1.165, 1.54) is 0 Å². The van der Waals surface area contributed by atoms with E-state index in [1.807, 2.05) is 12.2 Å². The van der Waals surface area contributed by atoms with Crippen LogP contribution in [0.25, 0.3) is 0 Å². The fraction of sp³-hybridized carbons (Fsp3) is 0.733. The molecule has 4 atom stereocenters. The number of hydrogen-bond acceptors (Lipinski definition) is 5. The van der Waals surface area contributed by atoms with Gasteiger partial charge < -0.3 is 19.1 Å². The number of carbonyl (C=O) groups is 2. The van der Waals surface area contributed by atoms with Crippen LogP contribution in [0.3, 0.4) is 0 Å². The van der Waals surface area contributed by atoms with E-state index >= 15 is 0 Å². The van der Waals surface area contributed by atoms with Gasteiger partial charge in [0.1, 0.15) is 11.5 Å². The summed E-state index contributed by atoms with van der Waals surface area (Å²) in [5, 5.41) is 0. The first kappa shape index (κ1) is 14.5. The number of fused-ring (bicyclic) bond motifs is 1. The maximum absolute atomic E-state index is 12.6. The van der Waals surface area contributed by atoms with Crippen LogP contribution in [0, 0.1) is 11.8 Å². The topological polar surface area (TPSA) is 65.1 Å². The van der Waals surface area contributed by atoms with Crippen LogP contribution in [0.1, 0.15) is 13.3 Å². The second kappa shape index (κ2) is 5.42. The fourth-order valence-corrected chi connectivity index (χ4v) is 3.67. The van der Waals surface area contributed by atoms with Gasteiger partial charge in [-0.05, 0) is 13.3 Å². The van der Waals surface area contributed by atoms with Crippen LogP contribution in [0.4, 0.5) is 0 Å². The van der Waals surface area contributed by atoms with E-state index < -0.39 is 17.4 Å². The van der Waals surface area contributed by atoms with E-state index in [-0.39, 0.29) is 18.0 Å². The summed E-state index contributed by atoms with van der Waals surface area (Å²) in [5.74, 6) is -1.27. The van der Waals surface area contributed by atoms with Crippen molar-refractivity contribution in [2.45, 2.75) is 25.0 Å². The van der Waals surface area contributed by atoms with E-state index in [9.17, 15) is 9.59 Å². The predicted octanol–water partition coefficient (Wildman–Crippen LogP) is 0.368. The molecule has 0 aromatic rings. The van der Waals surface area contributed by atoms with Gasteiger partial charge in [-0.15, -0.1) is 0 Å². The summed E-state index contributed by atoms with van der Waals surface area (Å²) in [4.78, 5) is 26.6. The summed E-state index contributed by atoms with van der Waals surface area (Å²) >= 11 is 0. The van der Waals surface area contributed by atoms with Gasteiger partial charge in [-0.1, -0.05) is 12.2 Å². The van der Waals surface area contributed by atoms with Crippen molar-refractivity contribution in [2.24, 2.45) is 11.8 Å². The second-order valence-corrected chi connectivity index (χ2v) is 5.76. The molecule has 0 saturated carbocycles. The quantitative estimate of drug-likeness (QED) is 0.402. The molecule has 2 fully saturated rings. The lowest BCUT2D eigenvalue weighted by Gasteiger charge is -2.22. The van der Waals surface area contributed by atoms with E-state index in [0.29, 0.717) is 26.3 Å². The Morgan fingerprint density at radius 3 is 3.10 bits per heavy atom. The van der Waals surface area contributed by atoms with Crippen molar-refractivity contribution >= 4 is 11.9 Å². The molecule has 2 bridgehead atoms. The van der Waals surface area contributed by atoms with Crippen LogP contribution in [0.15, 0.2) is 12.2 Å². The minimum absolute atomic E-state index is 0.00370. The van der Waals surface area contributed by atoms with Gasteiger partial charge in [-0.2, -0.15) is 0 Å². The van der Waals surface area contributed by atoms with Crippen LogP contribution < -0.4 is 0 Å². The first-order valence-electron chi connectivity index (χ1n) is 7.44. The van der Waals surface area contributed by atoms with E-state index in [2.05, 4.69) is 0 Å². The Morgan fingerprint density at radius 1 is 1.57 bits per heavy atom. The Labute approximate surface area is 124 Å². The van der Waals surface area contributed by atoms with Crippen molar-refractivity contribution in [3.63, 3.8) is 0 Å². The Hall–Kier alpha value is -1.40. The highest BCUT2D eigenvalue weighted by molar-refractivity contribution is 5.91. The molecule has 0 unspecified atom stereocenters. The van der Waals surface area contributed by atoms with Crippen molar-refractivity contribution in [3.05, 3.63) is 12.2 Å². The molecule has 0 N–H and O–H groups in total. The lowest BCUT2D eigenvalue weighted by molar-refractivity contribution is -0.153. The molecule has 0 radical (unpaired) electrons. The second-order valence-electron chi connectivity index (χ2n) is 5.76. The van der Waals surface area contributed by atoms with Gasteiger partial charge in [0, 0.05) is 20.3 Å². The largest absolute Gasteiger partial charge is 0.466 e. The number of methoxy groups -OCH3 is 1. The molecule has 3 rings (SSSR count). The highest BCUT2D eigenvalue weighted by atomic mass is 16.6. The number of ether oxygens (including phenoxy) is 3. The van der Waals surface area contributed by atoms with Crippen LogP contribution in [0.2, 0.25) is 0 Å². The smallest absolute Gasteiger partial charge is 0.312 e. The minimum atomic E-state index is -0.633. The van der Waals surface area contributed by atoms with Crippen molar-refractivity contribution in [2.75, 3.05) is 33.4 Å². The van der Waals surface area contributed by atoms with Crippen LogP contribution in [-0.2, 0) is 23.8 Å².